The number of benzene rings is 1. The smallest absolute Gasteiger partial charge is 0.265 e. The minimum Gasteiger partial charge on any atom is -0.507 e. The Bertz CT molecular complexity index is 455. The number of nitrogens with zero attached hydrogens (tertiary/aromatic N) is 1. The van der Waals surface area contributed by atoms with Crippen LogP contribution in [0.2, 0.25) is 0 Å². The summed E-state index contributed by atoms with van der Waals surface area (Å²) in [6.07, 6.45) is 0.340. The van der Waals surface area contributed by atoms with Crippen LogP contribution in [0.3, 0.4) is 0 Å². The van der Waals surface area contributed by atoms with E-state index in [2.05, 4.69) is 0 Å². The van der Waals surface area contributed by atoms with Gasteiger partial charge in [0, 0.05) is 13.2 Å². The fourth-order valence-electron chi connectivity index (χ4n) is 1.75. The number of fused-ring (bicyclic) bond motifs is 1. The second-order valence-electron chi connectivity index (χ2n) is 3.54. The number of carbonyl (C=O) groups is 2. The zero-order valence-corrected chi connectivity index (χ0v) is 8.51. The molecule has 0 fully saturated rings. The SMILES string of the molecule is O=C1c2cccc(O)c2C(=O)N1CCCO. The van der Waals surface area contributed by atoms with E-state index in [9.17, 15) is 14.7 Å². The van der Waals surface area contributed by atoms with Crippen molar-refractivity contribution in [1.29, 1.82) is 0 Å². The molecule has 16 heavy (non-hydrogen) atoms. The highest BCUT2D eigenvalue weighted by Crippen LogP contribution is 2.29. The molecule has 0 saturated heterocycles. The Kier molecular flexibility index (Phi) is 2.62. The van der Waals surface area contributed by atoms with Crippen molar-refractivity contribution in [3.8, 4) is 5.75 Å². The van der Waals surface area contributed by atoms with Crippen LogP contribution in [-0.2, 0) is 0 Å². The van der Waals surface area contributed by atoms with Gasteiger partial charge in [-0.15, -0.1) is 0 Å². The number of phenols is 1. The van der Waals surface area contributed by atoms with Crippen molar-refractivity contribution in [3.05, 3.63) is 29.3 Å². The normalized spacial score (nSPS) is 14.4. The first kappa shape index (κ1) is 10.6. The fraction of sp³-hybridized carbons (Fsp3) is 0.273. The second-order valence-corrected chi connectivity index (χ2v) is 3.54. The molecule has 1 aliphatic heterocycles. The van der Waals surface area contributed by atoms with Crippen molar-refractivity contribution in [2.45, 2.75) is 6.42 Å². The molecule has 2 amide bonds. The summed E-state index contributed by atoms with van der Waals surface area (Å²) in [5.41, 5.74) is 0.286. The number of aliphatic hydroxyl groups excluding tert-OH is 1. The molecule has 2 N–H and O–H groups in total. The highest BCUT2D eigenvalue weighted by molar-refractivity contribution is 6.22. The molecule has 0 saturated carbocycles. The number of imide groups is 1. The largest absolute Gasteiger partial charge is 0.507 e. The molecule has 1 aromatic carbocycles. The molecule has 0 spiro atoms. The molecule has 1 aromatic rings. The van der Waals surface area contributed by atoms with Crippen LogP contribution in [0.15, 0.2) is 18.2 Å². The van der Waals surface area contributed by atoms with Crippen molar-refractivity contribution >= 4 is 11.8 Å². The van der Waals surface area contributed by atoms with Crippen molar-refractivity contribution in [2.75, 3.05) is 13.2 Å². The standard InChI is InChI=1S/C11H11NO4/c13-6-2-5-12-10(15)7-3-1-4-8(14)9(7)11(12)16/h1,3-4,13-14H,2,5-6H2. The zero-order chi connectivity index (χ0) is 11.7. The molecule has 0 atom stereocenters. The van der Waals surface area contributed by atoms with E-state index in [1.807, 2.05) is 0 Å². The van der Waals surface area contributed by atoms with Crippen LogP contribution >= 0.6 is 0 Å². The number of carbonyl (C=O) groups excluding carboxylic acids is 2. The zero-order valence-electron chi connectivity index (χ0n) is 8.51. The quantitative estimate of drug-likeness (QED) is 0.723. The van der Waals surface area contributed by atoms with Gasteiger partial charge in [0.05, 0.1) is 11.1 Å². The van der Waals surface area contributed by atoms with Crippen molar-refractivity contribution < 1.29 is 19.8 Å². The number of hydrogen-bond donors (Lipinski definition) is 2. The lowest BCUT2D eigenvalue weighted by Gasteiger charge is -2.12. The number of rotatable bonds is 3. The van der Waals surface area contributed by atoms with Gasteiger partial charge in [0.2, 0.25) is 0 Å². The first-order chi connectivity index (χ1) is 7.66. The number of aromatic hydroxyl groups is 1. The lowest BCUT2D eigenvalue weighted by Crippen LogP contribution is -2.31. The molecule has 0 bridgehead atoms. The maximum atomic E-state index is 11.8. The summed E-state index contributed by atoms with van der Waals surface area (Å²) < 4.78 is 0. The number of amides is 2. The Balaban J connectivity index is 2.37. The molecule has 2 rings (SSSR count). The summed E-state index contributed by atoms with van der Waals surface area (Å²) in [4.78, 5) is 24.6. The summed E-state index contributed by atoms with van der Waals surface area (Å²) in [6, 6.07) is 4.41. The van der Waals surface area contributed by atoms with Gasteiger partial charge >= 0.3 is 0 Å². The van der Waals surface area contributed by atoms with Gasteiger partial charge in [-0.2, -0.15) is 0 Å². The minimum atomic E-state index is -0.494. The van der Waals surface area contributed by atoms with Crippen molar-refractivity contribution in [3.63, 3.8) is 0 Å². The first-order valence-corrected chi connectivity index (χ1v) is 4.96. The summed E-state index contributed by atoms with van der Waals surface area (Å²) in [6.45, 7) is 0.0850. The Hall–Kier alpha value is -1.88. The third-order valence-electron chi connectivity index (χ3n) is 2.52. The minimum absolute atomic E-state index is 0.0606. The molecule has 1 aliphatic rings. The van der Waals surface area contributed by atoms with Crippen molar-refractivity contribution in [1.82, 2.24) is 4.90 Å². The highest BCUT2D eigenvalue weighted by Gasteiger charge is 2.36. The summed E-state index contributed by atoms with van der Waals surface area (Å²) in [5, 5.41) is 18.2. The van der Waals surface area contributed by atoms with Gasteiger partial charge in [0.15, 0.2) is 0 Å². The number of phenolic OH excluding ortho intramolecular Hbond substituents is 1. The average Bonchev–Trinajstić information content (AvgIpc) is 2.51. The predicted octanol–water partition coefficient (Wildman–Crippen LogP) is 0.371. The molecule has 84 valence electrons. The van der Waals surface area contributed by atoms with E-state index in [1.165, 1.54) is 18.2 Å². The summed E-state index contributed by atoms with van der Waals surface area (Å²) in [5.74, 6) is -1.08. The van der Waals surface area contributed by atoms with Gasteiger partial charge in [-0.3, -0.25) is 14.5 Å². The van der Waals surface area contributed by atoms with Gasteiger partial charge in [-0.25, -0.2) is 0 Å². The second kappa shape index (κ2) is 3.94. The maximum Gasteiger partial charge on any atom is 0.265 e. The van der Waals surface area contributed by atoms with E-state index in [0.717, 1.165) is 4.90 Å². The third-order valence-corrected chi connectivity index (χ3v) is 2.52. The van der Waals surface area contributed by atoms with Crippen LogP contribution in [0.4, 0.5) is 0 Å². The molecule has 0 aromatic heterocycles. The lowest BCUT2D eigenvalue weighted by molar-refractivity contribution is 0.0644. The van der Waals surface area contributed by atoms with Gasteiger partial charge in [0.1, 0.15) is 5.75 Å². The van der Waals surface area contributed by atoms with Gasteiger partial charge in [0.25, 0.3) is 11.8 Å². The maximum absolute atomic E-state index is 11.8. The van der Waals surface area contributed by atoms with E-state index in [4.69, 9.17) is 5.11 Å². The van der Waals surface area contributed by atoms with Crippen LogP contribution in [0, 0.1) is 0 Å². The van der Waals surface area contributed by atoms with Crippen LogP contribution in [0.1, 0.15) is 27.1 Å². The predicted molar refractivity (Wildman–Crippen MR) is 55.2 cm³/mol. The highest BCUT2D eigenvalue weighted by atomic mass is 16.3. The van der Waals surface area contributed by atoms with E-state index in [0.29, 0.717) is 6.42 Å². The molecule has 5 nitrogen and oxygen atoms in total. The Morgan fingerprint density at radius 1 is 1.19 bits per heavy atom. The Labute approximate surface area is 91.9 Å². The van der Waals surface area contributed by atoms with Gasteiger partial charge in [-0.1, -0.05) is 6.07 Å². The van der Waals surface area contributed by atoms with Crippen molar-refractivity contribution in [2.24, 2.45) is 0 Å². The van der Waals surface area contributed by atoms with E-state index in [-0.39, 0.29) is 30.0 Å². The average molecular weight is 221 g/mol. The van der Waals surface area contributed by atoms with Crippen LogP contribution in [0.25, 0.3) is 0 Å². The van der Waals surface area contributed by atoms with Gasteiger partial charge < -0.3 is 10.2 Å². The third kappa shape index (κ3) is 1.45. The molecule has 5 heteroatoms. The van der Waals surface area contributed by atoms with E-state index in [1.54, 1.807) is 0 Å². The molecule has 1 heterocycles. The molecular weight excluding hydrogens is 210 g/mol. The number of aliphatic hydroxyl groups is 1. The molecule has 0 unspecified atom stereocenters. The van der Waals surface area contributed by atoms with Crippen LogP contribution in [0.5, 0.6) is 5.75 Å². The summed E-state index contributed by atoms with van der Waals surface area (Å²) in [7, 11) is 0. The van der Waals surface area contributed by atoms with E-state index < -0.39 is 11.8 Å². The van der Waals surface area contributed by atoms with Gasteiger partial charge in [-0.05, 0) is 18.6 Å². The molecular formula is C11H11NO4. The molecule has 0 aliphatic carbocycles. The van der Waals surface area contributed by atoms with Crippen LogP contribution in [-0.4, -0.2) is 40.1 Å². The fourth-order valence-corrected chi connectivity index (χ4v) is 1.75. The van der Waals surface area contributed by atoms with Crippen LogP contribution < -0.4 is 0 Å². The topological polar surface area (TPSA) is 77.8 Å². The lowest BCUT2D eigenvalue weighted by atomic mass is 10.1. The number of hydrogen-bond acceptors (Lipinski definition) is 4. The summed E-state index contributed by atoms with van der Waals surface area (Å²) >= 11 is 0. The molecule has 0 radical (unpaired) electrons. The first-order valence-electron chi connectivity index (χ1n) is 4.96. The Morgan fingerprint density at radius 3 is 2.56 bits per heavy atom. The Morgan fingerprint density at radius 2 is 1.94 bits per heavy atom. The monoisotopic (exact) mass is 221 g/mol. The van der Waals surface area contributed by atoms with E-state index >= 15 is 0 Å².